The molecule has 1 heterocycles. The van der Waals surface area contributed by atoms with Crippen LogP contribution in [0.2, 0.25) is 0 Å². The van der Waals surface area contributed by atoms with E-state index in [-0.39, 0.29) is 22.4 Å². The minimum absolute atomic E-state index is 0.168. The fourth-order valence-corrected chi connectivity index (χ4v) is 3.56. The Morgan fingerprint density at radius 3 is 2.89 bits per heavy atom. The number of benzene rings is 1. The van der Waals surface area contributed by atoms with Crippen LogP contribution in [0, 0.1) is 11.6 Å². The molecule has 18 heavy (non-hydrogen) atoms. The van der Waals surface area contributed by atoms with Crippen molar-refractivity contribution >= 4 is 11.8 Å². The maximum atomic E-state index is 13.6. The fourth-order valence-electron chi connectivity index (χ4n) is 2.30. The fraction of sp³-hybridized carbons (Fsp3) is 0.571. The predicted octanol–water partition coefficient (Wildman–Crippen LogP) is 3.90. The molecule has 1 N–H and O–H groups in total. The van der Waals surface area contributed by atoms with Crippen LogP contribution in [0.4, 0.5) is 8.78 Å². The van der Waals surface area contributed by atoms with E-state index in [0.717, 1.165) is 12.6 Å². The Morgan fingerprint density at radius 2 is 2.22 bits per heavy atom. The monoisotopic (exact) mass is 271 g/mol. The molecule has 0 radical (unpaired) electrons. The van der Waals surface area contributed by atoms with Crippen molar-refractivity contribution in [3.63, 3.8) is 0 Å². The first kappa shape index (κ1) is 13.8. The summed E-state index contributed by atoms with van der Waals surface area (Å²) in [5, 5.41) is 3.32. The molecule has 0 saturated carbocycles. The molecule has 1 aliphatic heterocycles. The molecule has 1 aliphatic rings. The molecule has 0 bridgehead atoms. The quantitative estimate of drug-likeness (QED) is 0.891. The van der Waals surface area contributed by atoms with Gasteiger partial charge >= 0.3 is 0 Å². The van der Waals surface area contributed by atoms with Crippen LogP contribution in [0.5, 0.6) is 0 Å². The molecule has 0 amide bonds. The largest absolute Gasteiger partial charge is 0.309 e. The molecule has 2 unspecified atom stereocenters. The smallest absolute Gasteiger partial charge is 0.128 e. The number of hydrogen-bond donors (Lipinski definition) is 1. The van der Waals surface area contributed by atoms with Crippen molar-refractivity contribution < 1.29 is 8.78 Å². The van der Waals surface area contributed by atoms with E-state index in [2.05, 4.69) is 12.2 Å². The lowest BCUT2D eigenvalue weighted by atomic mass is 10.0. The van der Waals surface area contributed by atoms with Gasteiger partial charge in [-0.2, -0.15) is 11.8 Å². The van der Waals surface area contributed by atoms with Crippen LogP contribution in [0.25, 0.3) is 0 Å². The summed E-state index contributed by atoms with van der Waals surface area (Å²) in [5.41, 5.74) is 0.404. The van der Waals surface area contributed by atoms with E-state index in [9.17, 15) is 8.78 Å². The zero-order chi connectivity index (χ0) is 13.2. The summed E-state index contributed by atoms with van der Waals surface area (Å²) in [7, 11) is 0. The molecule has 0 spiro atoms. The highest BCUT2D eigenvalue weighted by atomic mass is 32.2. The van der Waals surface area contributed by atoms with Crippen molar-refractivity contribution in [3.8, 4) is 0 Å². The van der Waals surface area contributed by atoms with E-state index in [1.165, 1.54) is 30.7 Å². The van der Waals surface area contributed by atoms with Crippen LogP contribution in [0.15, 0.2) is 18.2 Å². The molecular formula is C14H19F2NS. The van der Waals surface area contributed by atoms with Gasteiger partial charge in [-0.3, -0.25) is 0 Å². The number of hydrogen-bond acceptors (Lipinski definition) is 2. The van der Waals surface area contributed by atoms with Crippen LogP contribution in [-0.2, 0) is 0 Å². The highest BCUT2D eigenvalue weighted by molar-refractivity contribution is 8.00. The highest BCUT2D eigenvalue weighted by Gasteiger charge is 2.29. The minimum Gasteiger partial charge on any atom is -0.309 e. The zero-order valence-electron chi connectivity index (χ0n) is 10.8. The molecule has 1 aromatic rings. The number of thioether (sulfide) groups is 1. The number of halogens is 2. The Hall–Kier alpha value is -0.610. The maximum Gasteiger partial charge on any atom is 0.128 e. The Balaban J connectivity index is 1.99. The third-order valence-electron chi connectivity index (χ3n) is 3.51. The third kappa shape index (κ3) is 3.23. The molecule has 0 aromatic heterocycles. The van der Waals surface area contributed by atoms with Crippen LogP contribution in [0.3, 0.4) is 0 Å². The third-order valence-corrected chi connectivity index (χ3v) is 5.05. The second kappa shape index (κ2) is 5.57. The standard InChI is InChI=1S/C14H19F2NS/c1-10(12-8-11(15)4-5-13(12)16)17-9-14(2)6-3-7-18-14/h4-5,8,10,17H,3,6-7,9H2,1-2H3. The van der Waals surface area contributed by atoms with E-state index in [0.29, 0.717) is 5.56 Å². The van der Waals surface area contributed by atoms with Crippen LogP contribution < -0.4 is 5.32 Å². The summed E-state index contributed by atoms with van der Waals surface area (Å²) >= 11 is 1.96. The van der Waals surface area contributed by atoms with E-state index in [4.69, 9.17) is 0 Å². The van der Waals surface area contributed by atoms with E-state index >= 15 is 0 Å². The molecule has 4 heteroatoms. The molecule has 100 valence electrons. The lowest BCUT2D eigenvalue weighted by Crippen LogP contribution is -2.34. The number of nitrogens with one attached hydrogen (secondary N) is 1. The van der Waals surface area contributed by atoms with Gasteiger partial charge in [-0.15, -0.1) is 0 Å². The molecule has 1 nitrogen and oxygen atoms in total. The van der Waals surface area contributed by atoms with Crippen LogP contribution in [0.1, 0.15) is 38.3 Å². The van der Waals surface area contributed by atoms with Crippen molar-refractivity contribution in [1.82, 2.24) is 5.32 Å². The number of rotatable bonds is 4. The van der Waals surface area contributed by atoms with Gasteiger partial charge in [-0.05, 0) is 50.6 Å². The molecule has 0 aliphatic carbocycles. The van der Waals surface area contributed by atoms with Crippen molar-refractivity contribution in [2.75, 3.05) is 12.3 Å². The Morgan fingerprint density at radius 1 is 1.44 bits per heavy atom. The van der Waals surface area contributed by atoms with Gasteiger partial charge in [0.25, 0.3) is 0 Å². The van der Waals surface area contributed by atoms with Gasteiger partial charge in [0.15, 0.2) is 0 Å². The average molecular weight is 271 g/mol. The summed E-state index contributed by atoms with van der Waals surface area (Å²) in [6.07, 6.45) is 2.43. The highest BCUT2D eigenvalue weighted by Crippen LogP contribution is 2.37. The lowest BCUT2D eigenvalue weighted by molar-refractivity contribution is 0.472. The van der Waals surface area contributed by atoms with E-state index in [1.807, 2.05) is 18.7 Å². The maximum absolute atomic E-state index is 13.6. The van der Waals surface area contributed by atoms with Gasteiger partial charge in [0.1, 0.15) is 11.6 Å². The SMILES string of the molecule is CC(NCC1(C)CCCS1)c1cc(F)ccc1F. The average Bonchev–Trinajstić information content (AvgIpc) is 2.77. The van der Waals surface area contributed by atoms with E-state index < -0.39 is 0 Å². The van der Waals surface area contributed by atoms with Crippen molar-refractivity contribution in [2.24, 2.45) is 0 Å². The second-order valence-corrected chi connectivity index (χ2v) is 6.85. The van der Waals surface area contributed by atoms with Crippen molar-refractivity contribution in [2.45, 2.75) is 37.5 Å². The Bertz CT molecular complexity index is 416. The predicted molar refractivity (Wildman–Crippen MR) is 72.9 cm³/mol. The van der Waals surface area contributed by atoms with Gasteiger partial charge in [0.05, 0.1) is 0 Å². The normalized spacial score (nSPS) is 25.3. The van der Waals surface area contributed by atoms with Gasteiger partial charge in [0.2, 0.25) is 0 Å². The summed E-state index contributed by atoms with van der Waals surface area (Å²) in [6.45, 7) is 4.93. The topological polar surface area (TPSA) is 12.0 Å². The van der Waals surface area contributed by atoms with E-state index in [1.54, 1.807) is 0 Å². The van der Waals surface area contributed by atoms with Gasteiger partial charge in [0, 0.05) is 22.9 Å². The summed E-state index contributed by atoms with van der Waals surface area (Å²) in [5.74, 6) is 0.461. The first-order valence-corrected chi connectivity index (χ1v) is 7.31. The molecule has 1 saturated heterocycles. The molecule has 2 rings (SSSR count). The van der Waals surface area contributed by atoms with Gasteiger partial charge in [-0.25, -0.2) is 8.78 Å². The molecule has 2 atom stereocenters. The Kier molecular flexibility index (Phi) is 4.28. The second-order valence-electron chi connectivity index (χ2n) is 5.17. The first-order valence-electron chi connectivity index (χ1n) is 6.32. The lowest BCUT2D eigenvalue weighted by Gasteiger charge is -2.26. The van der Waals surface area contributed by atoms with Crippen LogP contribution in [-0.4, -0.2) is 17.0 Å². The van der Waals surface area contributed by atoms with Crippen LogP contribution >= 0.6 is 11.8 Å². The molecule has 1 fully saturated rings. The summed E-state index contributed by atoms with van der Waals surface area (Å²) in [4.78, 5) is 0. The Labute approximate surface area is 111 Å². The molecule has 1 aromatic carbocycles. The minimum atomic E-state index is -0.387. The first-order chi connectivity index (χ1) is 8.50. The summed E-state index contributed by atoms with van der Waals surface area (Å²) < 4.78 is 27.0. The van der Waals surface area contributed by atoms with Crippen molar-refractivity contribution in [1.29, 1.82) is 0 Å². The van der Waals surface area contributed by atoms with Crippen molar-refractivity contribution in [3.05, 3.63) is 35.4 Å². The van der Waals surface area contributed by atoms with Gasteiger partial charge in [-0.1, -0.05) is 0 Å². The zero-order valence-corrected chi connectivity index (χ0v) is 11.6. The van der Waals surface area contributed by atoms with Gasteiger partial charge < -0.3 is 5.32 Å². The molecular weight excluding hydrogens is 252 g/mol. The summed E-state index contributed by atoms with van der Waals surface area (Å²) in [6, 6.07) is 3.45.